The number of hydrogen-bond donors (Lipinski definition) is 1. The Bertz CT molecular complexity index is 1030. The largest absolute Gasteiger partial charge is 0.507 e. The monoisotopic (exact) mass is 540 g/mol. The van der Waals surface area contributed by atoms with Crippen LogP contribution in [0.2, 0.25) is 0 Å². The number of halogens is 1. The minimum Gasteiger partial charge on any atom is -0.507 e. The number of rotatable bonds is 7. The van der Waals surface area contributed by atoms with Crippen molar-refractivity contribution in [3.8, 4) is 5.75 Å². The van der Waals surface area contributed by atoms with E-state index in [1.807, 2.05) is 18.2 Å². The SMILES string of the molecule is CCC[C@H]1C(=NBr)N(CC(=O)c2cc(C(C)(C)C)c(O)c(C(C)(C)C)c2)C[C@@H]1Cc1ccccc1. The van der Waals surface area contributed by atoms with E-state index in [-0.39, 0.29) is 23.2 Å². The van der Waals surface area contributed by atoms with Crippen LogP contribution >= 0.6 is 16.1 Å². The maximum atomic E-state index is 13.7. The minimum atomic E-state index is -0.274. The maximum Gasteiger partial charge on any atom is 0.182 e. The number of carbonyl (C=O) groups excluding carboxylic acids is 1. The van der Waals surface area contributed by atoms with Gasteiger partial charge in [0.05, 0.1) is 22.7 Å². The predicted octanol–water partition coefficient (Wildman–Crippen LogP) is 7.47. The average molecular weight is 542 g/mol. The Morgan fingerprint density at radius 2 is 1.63 bits per heavy atom. The average Bonchev–Trinajstić information content (AvgIpc) is 3.08. The second-order valence-electron chi connectivity index (χ2n) is 12.0. The van der Waals surface area contributed by atoms with Crippen molar-refractivity contribution in [1.82, 2.24) is 4.90 Å². The molecule has 4 nitrogen and oxygen atoms in total. The van der Waals surface area contributed by atoms with Gasteiger partial charge in [-0.3, -0.25) is 4.79 Å². The third-order valence-electron chi connectivity index (χ3n) is 7.09. The highest BCUT2D eigenvalue weighted by Gasteiger charge is 2.39. The number of carbonyl (C=O) groups is 1. The zero-order valence-electron chi connectivity index (χ0n) is 22.4. The van der Waals surface area contributed by atoms with E-state index in [0.717, 1.165) is 42.8 Å². The van der Waals surface area contributed by atoms with E-state index in [0.29, 0.717) is 23.1 Å². The first-order chi connectivity index (χ1) is 16.4. The molecule has 0 aromatic heterocycles. The number of benzene rings is 2. The lowest BCUT2D eigenvalue weighted by Crippen LogP contribution is -2.33. The molecule has 0 amide bonds. The van der Waals surface area contributed by atoms with Crippen molar-refractivity contribution in [2.45, 2.75) is 78.6 Å². The molecule has 1 aliphatic rings. The zero-order chi connectivity index (χ0) is 26.0. The summed E-state index contributed by atoms with van der Waals surface area (Å²) in [4.78, 5) is 15.8. The van der Waals surface area contributed by atoms with Gasteiger partial charge in [0.15, 0.2) is 5.78 Å². The van der Waals surface area contributed by atoms with Crippen LogP contribution in [0.15, 0.2) is 46.5 Å². The molecule has 0 radical (unpaired) electrons. The van der Waals surface area contributed by atoms with Crippen molar-refractivity contribution >= 4 is 27.8 Å². The van der Waals surface area contributed by atoms with Crippen molar-refractivity contribution < 1.29 is 9.90 Å². The van der Waals surface area contributed by atoms with Gasteiger partial charge in [-0.15, -0.1) is 0 Å². The molecule has 1 fully saturated rings. The molecule has 0 bridgehead atoms. The number of phenols is 1. The number of phenolic OH excluding ortho intramolecular Hbond substituents is 1. The van der Waals surface area contributed by atoms with Crippen LogP contribution in [0.3, 0.4) is 0 Å². The number of likely N-dealkylation sites (tertiary alicyclic amines) is 1. The molecule has 0 spiro atoms. The highest BCUT2D eigenvalue weighted by atomic mass is 79.9. The standard InChI is InChI=1S/C30H41BrN2O2/c1-8-12-23-22(15-20-13-10-9-11-14-20)18-33(28(23)32-31)19-26(34)21-16-24(29(2,3)4)27(35)25(17-21)30(5,6)7/h9-11,13-14,16-17,22-23,35H,8,12,15,18-19H2,1-7H3/t22-,23+/m0/s1. The van der Waals surface area contributed by atoms with Gasteiger partial charge in [-0.2, -0.15) is 4.02 Å². The lowest BCUT2D eigenvalue weighted by Gasteiger charge is -2.28. The molecule has 190 valence electrons. The lowest BCUT2D eigenvalue weighted by atomic mass is 9.78. The van der Waals surface area contributed by atoms with Crippen LogP contribution in [0.1, 0.15) is 88.4 Å². The lowest BCUT2D eigenvalue weighted by molar-refractivity contribution is 0.0963. The molecule has 0 aliphatic carbocycles. The quantitative estimate of drug-likeness (QED) is 0.370. The van der Waals surface area contributed by atoms with Crippen molar-refractivity contribution in [1.29, 1.82) is 0 Å². The van der Waals surface area contributed by atoms with Gasteiger partial charge >= 0.3 is 0 Å². The van der Waals surface area contributed by atoms with E-state index in [1.54, 1.807) is 0 Å². The van der Waals surface area contributed by atoms with Gasteiger partial charge in [-0.1, -0.05) is 85.2 Å². The van der Waals surface area contributed by atoms with Crippen LogP contribution in [-0.2, 0) is 17.3 Å². The Labute approximate surface area is 220 Å². The van der Waals surface area contributed by atoms with Crippen molar-refractivity contribution in [3.05, 3.63) is 64.7 Å². The van der Waals surface area contributed by atoms with E-state index >= 15 is 0 Å². The van der Waals surface area contributed by atoms with Crippen LogP contribution in [-0.4, -0.2) is 34.7 Å². The summed E-state index contributed by atoms with van der Waals surface area (Å²) >= 11 is 3.37. The second kappa shape index (κ2) is 10.9. The summed E-state index contributed by atoms with van der Waals surface area (Å²) in [6, 6.07) is 14.4. The smallest absolute Gasteiger partial charge is 0.182 e. The fourth-order valence-corrected chi connectivity index (χ4v) is 5.70. The Kier molecular flexibility index (Phi) is 8.52. The Hall–Kier alpha value is -2.14. The van der Waals surface area contributed by atoms with Gasteiger partial charge in [0.25, 0.3) is 0 Å². The molecular formula is C30H41BrN2O2. The van der Waals surface area contributed by atoms with Gasteiger partial charge in [0.1, 0.15) is 11.6 Å². The summed E-state index contributed by atoms with van der Waals surface area (Å²) < 4.78 is 4.50. The van der Waals surface area contributed by atoms with Gasteiger partial charge in [-0.25, -0.2) is 0 Å². The predicted molar refractivity (Wildman–Crippen MR) is 150 cm³/mol. The van der Waals surface area contributed by atoms with Crippen molar-refractivity contribution in [3.63, 3.8) is 0 Å². The molecule has 2 atom stereocenters. The Morgan fingerprint density at radius 1 is 1.06 bits per heavy atom. The molecule has 1 N–H and O–H groups in total. The highest BCUT2D eigenvalue weighted by Crippen LogP contribution is 2.40. The number of nitrogens with zero attached hydrogens (tertiary/aromatic N) is 2. The molecule has 5 heteroatoms. The van der Waals surface area contributed by atoms with Gasteiger partial charge in [0, 0.05) is 29.2 Å². The van der Waals surface area contributed by atoms with Gasteiger partial charge in [0.2, 0.25) is 0 Å². The van der Waals surface area contributed by atoms with E-state index in [9.17, 15) is 9.90 Å². The summed E-state index contributed by atoms with van der Waals surface area (Å²) in [7, 11) is 0. The van der Waals surface area contributed by atoms with Crippen LogP contribution in [0.25, 0.3) is 0 Å². The number of amidine groups is 1. The molecule has 2 aromatic carbocycles. The zero-order valence-corrected chi connectivity index (χ0v) is 23.9. The first-order valence-corrected chi connectivity index (χ1v) is 13.5. The van der Waals surface area contributed by atoms with E-state index in [4.69, 9.17) is 0 Å². The first kappa shape index (κ1) is 27.4. The fraction of sp³-hybridized carbons (Fsp3) is 0.533. The second-order valence-corrected chi connectivity index (χ2v) is 12.4. The van der Waals surface area contributed by atoms with E-state index in [2.05, 4.69) is 97.8 Å². The molecule has 1 heterocycles. The summed E-state index contributed by atoms with van der Waals surface area (Å²) in [6.45, 7) is 15.7. The first-order valence-electron chi connectivity index (χ1n) is 12.8. The highest BCUT2D eigenvalue weighted by molar-refractivity contribution is 9.08. The van der Waals surface area contributed by atoms with E-state index < -0.39 is 0 Å². The number of ketones is 1. The molecule has 3 rings (SSSR count). The molecule has 1 saturated heterocycles. The fourth-order valence-electron chi connectivity index (χ4n) is 5.21. The third-order valence-corrected chi connectivity index (χ3v) is 7.45. The van der Waals surface area contributed by atoms with Gasteiger partial charge in [-0.05, 0) is 47.3 Å². The Morgan fingerprint density at radius 3 is 2.11 bits per heavy atom. The van der Waals surface area contributed by atoms with Crippen LogP contribution in [0.5, 0.6) is 5.75 Å². The van der Waals surface area contributed by atoms with E-state index in [1.165, 1.54) is 5.56 Å². The minimum absolute atomic E-state index is 0.0604. The molecule has 0 saturated carbocycles. The summed E-state index contributed by atoms with van der Waals surface area (Å²) in [5.41, 5.74) is 3.06. The van der Waals surface area contributed by atoms with Crippen molar-refractivity contribution in [2.24, 2.45) is 15.9 Å². The van der Waals surface area contributed by atoms with Crippen LogP contribution in [0, 0.1) is 11.8 Å². The number of hydrogen-bond acceptors (Lipinski definition) is 3. The van der Waals surface area contributed by atoms with Crippen LogP contribution < -0.4 is 0 Å². The summed E-state index contributed by atoms with van der Waals surface area (Å²) in [5.74, 6) is 2.08. The summed E-state index contributed by atoms with van der Waals surface area (Å²) in [5, 5.41) is 11.1. The Balaban J connectivity index is 1.92. The van der Waals surface area contributed by atoms with Gasteiger partial charge < -0.3 is 10.0 Å². The summed E-state index contributed by atoms with van der Waals surface area (Å²) in [6.07, 6.45) is 3.10. The van der Waals surface area contributed by atoms with Crippen LogP contribution in [0.4, 0.5) is 0 Å². The maximum absolute atomic E-state index is 13.7. The molecule has 35 heavy (non-hydrogen) atoms. The normalized spacial score (nSPS) is 20.0. The molecule has 1 aliphatic heterocycles. The molecule has 0 unspecified atom stereocenters. The topological polar surface area (TPSA) is 52.9 Å². The number of Topliss-reactive ketones (excluding diaryl/α,β-unsaturated/α-hetero) is 1. The van der Waals surface area contributed by atoms with Crippen molar-refractivity contribution in [2.75, 3.05) is 13.1 Å². The molecule has 2 aromatic rings. The number of aromatic hydroxyl groups is 1. The molecular weight excluding hydrogens is 500 g/mol. The third kappa shape index (κ3) is 6.35.